The second-order valence-electron chi connectivity index (χ2n) is 12.1. The Morgan fingerprint density at radius 1 is 0.957 bits per heavy atom. The van der Waals surface area contributed by atoms with Crippen molar-refractivity contribution in [3.05, 3.63) is 58.7 Å². The summed E-state index contributed by atoms with van der Waals surface area (Å²) in [5.41, 5.74) is 3.25. The zero-order chi connectivity index (χ0) is 34.6. The third-order valence-corrected chi connectivity index (χ3v) is 7.48. The standard InChI is InChI=1S/C35H50O11/c1-21(14-11-17-35(7,8)41-9)12-10-13-22(2)15-16-27-19-28(39)23(3)18-29(27)45-34-31(40)33(44-26(6)38)32(43-25(5)37)30(46-34)20-42-24(4)36/h11-12,15,17-19,30-34,39-40H,10,13-14,16,20H2,1-9H3/b17-11+,21-12+,22-15+/t30-,31-,32+,33-,34-/m1/s1. The summed E-state index contributed by atoms with van der Waals surface area (Å²) < 4.78 is 33.3. The Hall–Kier alpha value is -3.67. The van der Waals surface area contributed by atoms with Gasteiger partial charge in [-0.25, -0.2) is 0 Å². The number of aromatic hydroxyl groups is 1. The molecule has 1 heterocycles. The first-order valence-electron chi connectivity index (χ1n) is 15.4. The molecule has 46 heavy (non-hydrogen) atoms. The average molecular weight is 647 g/mol. The highest BCUT2D eigenvalue weighted by Gasteiger charge is 2.51. The van der Waals surface area contributed by atoms with Crippen molar-refractivity contribution in [3.8, 4) is 11.5 Å². The SMILES string of the molecule is COC(C)(C)/C=C/C/C(C)=C/CC/C(C)=C/Cc1cc(O)c(C)cc1O[C@@H]1O[C@H](COC(C)=O)[C@H](OC(C)=O)[C@H](OC(C)=O)[C@H]1O. The van der Waals surface area contributed by atoms with Gasteiger partial charge in [-0.1, -0.05) is 35.5 Å². The molecule has 2 N–H and O–H groups in total. The van der Waals surface area contributed by atoms with Gasteiger partial charge in [0, 0.05) is 33.4 Å². The number of allylic oxidation sites excluding steroid dienone is 5. The number of aryl methyl sites for hydroxylation is 1. The molecule has 11 heteroatoms. The summed E-state index contributed by atoms with van der Waals surface area (Å²) in [6.45, 7) is 13.0. The zero-order valence-corrected chi connectivity index (χ0v) is 28.5. The highest BCUT2D eigenvalue weighted by atomic mass is 16.7. The molecule has 1 aliphatic heterocycles. The van der Waals surface area contributed by atoms with E-state index in [-0.39, 0.29) is 18.0 Å². The molecule has 1 aromatic rings. The first-order chi connectivity index (χ1) is 21.5. The fourth-order valence-electron chi connectivity index (χ4n) is 4.71. The third kappa shape index (κ3) is 12.6. The van der Waals surface area contributed by atoms with Crippen molar-refractivity contribution in [2.24, 2.45) is 0 Å². The minimum atomic E-state index is -1.58. The van der Waals surface area contributed by atoms with Crippen molar-refractivity contribution in [1.82, 2.24) is 0 Å². The first-order valence-corrected chi connectivity index (χ1v) is 15.4. The molecular formula is C35H50O11. The zero-order valence-electron chi connectivity index (χ0n) is 28.5. The lowest BCUT2D eigenvalue weighted by molar-refractivity contribution is -0.285. The van der Waals surface area contributed by atoms with E-state index < -0.39 is 48.6 Å². The van der Waals surface area contributed by atoms with Crippen LogP contribution in [-0.4, -0.2) is 78.1 Å². The number of hydrogen-bond acceptors (Lipinski definition) is 11. The molecule has 0 radical (unpaired) electrons. The van der Waals surface area contributed by atoms with Crippen molar-refractivity contribution >= 4 is 17.9 Å². The van der Waals surface area contributed by atoms with E-state index >= 15 is 0 Å². The van der Waals surface area contributed by atoms with Gasteiger partial charge in [0.1, 0.15) is 24.2 Å². The summed E-state index contributed by atoms with van der Waals surface area (Å²) >= 11 is 0. The molecule has 1 fully saturated rings. The topological polar surface area (TPSA) is 147 Å². The Morgan fingerprint density at radius 2 is 1.61 bits per heavy atom. The molecule has 5 atom stereocenters. The van der Waals surface area contributed by atoms with Gasteiger partial charge in [-0.2, -0.15) is 0 Å². The predicted octanol–water partition coefficient (Wildman–Crippen LogP) is 5.18. The Balaban J connectivity index is 2.24. The Morgan fingerprint density at radius 3 is 2.22 bits per heavy atom. The number of phenolic OH excluding ortho intramolecular Hbond substituents is 1. The summed E-state index contributed by atoms with van der Waals surface area (Å²) in [4.78, 5) is 35.3. The Labute approximate surface area is 272 Å². The van der Waals surface area contributed by atoms with E-state index in [0.29, 0.717) is 23.3 Å². The van der Waals surface area contributed by atoms with Crippen LogP contribution < -0.4 is 4.74 Å². The molecule has 0 aromatic heterocycles. The molecule has 11 nitrogen and oxygen atoms in total. The highest BCUT2D eigenvalue weighted by molar-refractivity contribution is 5.68. The van der Waals surface area contributed by atoms with Crippen molar-refractivity contribution in [2.75, 3.05) is 13.7 Å². The van der Waals surface area contributed by atoms with Gasteiger partial charge in [0.25, 0.3) is 0 Å². The van der Waals surface area contributed by atoms with E-state index in [4.69, 9.17) is 28.4 Å². The molecule has 1 aliphatic rings. The number of methoxy groups -OCH3 is 1. The van der Waals surface area contributed by atoms with E-state index in [1.807, 2.05) is 26.8 Å². The summed E-state index contributed by atoms with van der Waals surface area (Å²) in [6.07, 6.45) is 4.64. The maximum atomic E-state index is 11.9. The number of ether oxygens (including phenoxy) is 6. The minimum Gasteiger partial charge on any atom is -0.508 e. The number of aliphatic hydroxyl groups excluding tert-OH is 1. The average Bonchev–Trinajstić information content (AvgIpc) is 2.96. The van der Waals surface area contributed by atoms with Crippen LogP contribution in [0, 0.1) is 6.92 Å². The predicted molar refractivity (Wildman–Crippen MR) is 171 cm³/mol. The normalized spacial score (nSPS) is 22.4. The number of carbonyl (C=O) groups is 3. The Kier molecular flexibility index (Phi) is 15.0. The number of aliphatic hydroxyl groups is 1. The molecule has 0 saturated carbocycles. The van der Waals surface area contributed by atoms with Crippen LogP contribution in [0.5, 0.6) is 11.5 Å². The third-order valence-electron chi connectivity index (χ3n) is 7.48. The van der Waals surface area contributed by atoms with E-state index in [1.54, 1.807) is 26.2 Å². The monoisotopic (exact) mass is 646 g/mol. The van der Waals surface area contributed by atoms with Crippen LogP contribution in [-0.2, 0) is 44.5 Å². The van der Waals surface area contributed by atoms with Gasteiger partial charge in [-0.3, -0.25) is 14.4 Å². The first kappa shape index (κ1) is 38.5. The molecule has 0 bridgehead atoms. The van der Waals surface area contributed by atoms with Gasteiger partial charge in [0.05, 0.1) is 5.60 Å². The number of phenols is 1. The fourth-order valence-corrected chi connectivity index (χ4v) is 4.71. The smallest absolute Gasteiger partial charge is 0.303 e. The van der Waals surface area contributed by atoms with Crippen LogP contribution in [0.3, 0.4) is 0 Å². The van der Waals surface area contributed by atoms with Crippen molar-refractivity contribution < 1.29 is 53.0 Å². The van der Waals surface area contributed by atoms with E-state index in [1.165, 1.54) is 12.5 Å². The summed E-state index contributed by atoms with van der Waals surface area (Å²) in [5.74, 6) is -1.65. The quantitative estimate of drug-likeness (QED) is 0.148. The van der Waals surface area contributed by atoms with Crippen LogP contribution in [0.15, 0.2) is 47.6 Å². The van der Waals surface area contributed by atoms with E-state index in [0.717, 1.165) is 38.7 Å². The maximum absolute atomic E-state index is 11.9. The van der Waals surface area contributed by atoms with Crippen LogP contribution >= 0.6 is 0 Å². The lowest BCUT2D eigenvalue weighted by Gasteiger charge is -2.42. The largest absolute Gasteiger partial charge is 0.508 e. The van der Waals surface area contributed by atoms with Crippen LogP contribution in [0.25, 0.3) is 0 Å². The lowest BCUT2D eigenvalue weighted by Crippen LogP contribution is -2.62. The van der Waals surface area contributed by atoms with Crippen molar-refractivity contribution in [3.63, 3.8) is 0 Å². The second kappa shape index (κ2) is 17.9. The second-order valence-corrected chi connectivity index (χ2v) is 12.1. The van der Waals surface area contributed by atoms with Crippen molar-refractivity contribution in [1.29, 1.82) is 0 Å². The number of hydrogen-bond donors (Lipinski definition) is 2. The number of rotatable bonds is 15. The van der Waals surface area contributed by atoms with Crippen molar-refractivity contribution in [2.45, 2.75) is 117 Å². The molecule has 0 amide bonds. The van der Waals surface area contributed by atoms with Crippen LogP contribution in [0.1, 0.15) is 78.9 Å². The summed E-state index contributed by atoms with van der Waals surface area (Å²) in [6, 6.07) is 3.21. The molecule has 0 aliphatic carbocycles. The van der Waals surface area contributed by atoms with Gasteiger partial charge in [0.2, 0.25) is 6.29 Å². The lowest BCUT2D eigenvalue weighted by atomic mass is 9.98. The molecule has 2 rings (SSSR count). The van der Waals surface area contributed by atoms with E-state index in [9.17, 15) is 24.6 Å². The Bertz CT molecular complexity index is 1290. The highest BCUT2D eigenvalue weighted by Crippen LogP contribution is 2.33. The van der Waals surface area contributed by atoms with Crippen LogP contribution in [0.4, 0.5) is 0 Å². The number of benzene rings is 1. The molecule has 0 spiro atoms. The molecule has 256 valence electrons. The van der Waals surface area contributed by atoms with E-state index in [2.05, 4.69) is 25.2 Å². The van der Waals surface area contributed by atoms with Gasteiger partial charge in [-0.05, 0) is 78.0 Å². The minimum absolute atomic E-state index is 0.0715. The molecule has 1 saturated heterocycles. The summed E-state index contributed by atoms with van der Waals surface area (Å²) in [7, 11) is 1.69. The number of carbonyl (C=O) groups excluding carboxylic acids is 3. The van der Waals surface area contributed by atoms with Gasteiger partial charge >= 0.3 is 17.9 Å². The fraction of sp³-hybridized carbons (Fsp3) is 0.571. The maximum Gasteiger partial charge on any atom is 0.303 e. The van der Waals surface area contributed by atoms with Gasteiger partial charge < -0.3 is 38.6 Å². The molecule has 1 aromatic carbocycles. The molecule has 0 unspecified atom stereocenters. The van der Waals surface area contributed by atoms with Gasteiger partial charge in [0.15, 0.2) is 18.3 Å². The summed E-state index contributed by atoms with van der Waals surface area (Å²) in [5, 5.41) is 21.7. The van der Waals surface area contributed by atoms with Gasteiger partial charge in [-0.15, -0.1) is 0 Å². The number of esters is 3. The van der Waals surface area contributed by atoms with Crippen LogP contribution in [0.2, 0.25) is 0 Å². The molecular weight excluding hydrogens is 596 g/mol.